The van der Waals surface area contributed by atoms with Crippen molar-refractivity contribution < 1.29 is 9.53 Å². The summed E-state index contributed by atoms with van der Waals surface area (Å²) in [5, 5.41) is 3.13. The third-order valence-corrected chi connectivity index (χ3v) is 3.99. The van der Waals surface area contributed by atoms with Crippen molar-refractivity contribution in [3.05, 3.63) is 95.6 Å². The van der Waals surface area contributed by atoms with Crippen LogP contribution in [-0.2, 0) is 0 Å². The molecule has 0 bridgehead atoms. The molecule has 3 nitrogen and oxygen atoms in total. The molecule has 112 valence electrons. The molecule has 1 aliphatic rings. The molecule has 3 aromatic rings. The van der Waals surface area contributed by atoms with Crippen molar-refractivity contribution in [1.29, 1.82) is 0 Å². The van der Waals surface area contributed by atoms with Gasteiger partial charge in [0.25, 0.3) is 5.91 Å². The van der Waals surface area contributed by atoms with Gasteiger partial charge in [-0.15, -0.1) is 0 Å². The summed E-state index contributed by atoms with van der Waals surface area (Å²) in [6, 6.07) is 24.6. The lowest BCUT2D eigenvalue weighted by Crippen LogP contribution is -2.31. The van der Waals surface area contributed by atoms with E-state index in [0.717, 1.165) is 22.6 Å². The highest BCUT2D eigenvalue weighted by atomic mass is 16.5. The maximum absolute atomic E-state index is 12.6. The molecule has 1 aliphatic heterocycles. The monoisotopic (exact) mass is 301 g/mol. The Morgan fingerprint density at radius 1 is 0.739 bits per heavy atom. The molecule has 3 heteroatoms. The fourth-order valence-corrected chi connectivity index (χ4v) is 2.87. The number of carbonyl (C=O) groups excluding carboxylic acids is 1. The second-order valence-corrected chi connectivity index (χ2v) is 5.45. The average Bonchev–Trinajstić information content (AvgIpc) is 2.62. The summed E-state index contributed by atoms with van der Waals surface area (Å²) in [4.78, 5) is 12.6. The molecule has 23 heavy (non-hydrogen) atoms. The van der Waals surface area contributed by atoms with Gasteiger partial charge in [-0.05, 0) is 24.3 Å². The first-order valence-corrected chi connectivity index (χ1v) is 7.54. The fraction of sp³-hybridized carbons (Fsp3) is 0.0500. The molecule has 1 heterocycles. The van der Waals surface area contributed by atoms with E-state index in [1.54, 1.807) is 0 Å². The van der Waals surface area contributed by atoms with Gasteiger partial charge < -0.3 is 10.1 Å². The highest BCUT2D eigenvalue weighted by molar-refractivity contribution is 5.94. The van der Waals surface area contributed by atoms with Crippen molar-refractivity contribution in [3.63, 3.8) is 0 Å². The Kier molecular flexibility index (Phi) is 3.31. The molecule has 1 N–H and O–H groups in total. The molecule has 0 atom stereocenters. The van der Waals surface area contributed by atoms with Crippen molar-refractivity contribution in [2.24, 2.45) is 0 Å². The van der Waals surface area contributed by atoms with Crippen molar-refractivity contribution >= 4 is 5.91 Å². The first kappa shape index (κ1) is 13.6. The van der Waals surface area contributed by atoms with Crippen LogP contribution >= 0.6 is 0 Å². The van der Waals surface area contributed by atoms with Crippen LogP contribution in [0.1, 0.15) is 27.5 Å². The minimum atomic E-state index is -0.219. The smallest absolute Gasteiger partial charge is 0.252 e. The van der Waals surface area contributed by atoms with E-state index >= 15 is 0 Å². The number of nitrogens with one attached hydrogen (secondary N) is 1. The quantitative estimate of drug-likeness (QED) is 0.766. The van der Waals surface area contributed by atoms with Crippen LogP contribution < -0.4 is 10.1 Å². The summed E-state index contributed by atoms with van der Waals surface area (Å²) in [5.41, 5.74) is 2.58. The standard InChI is InChI=1S/C20H15NO2/c22-20(14-8-2-1-3-9-14)21-19-15-10-4-6-12-17(15)23-18-13-7-5-11-16(18)19/h1-13,19H,(H,21,22). The molecule has 0 aromatic heterocycles. The van der Waals surface area contributed by atoms with Gasteiger partial charge in [-0.2, -0.15) is 0 Å². The number of hydrogen-bond donors (Lipinski definition) is 1. The maximum Gasteiger partial charge on any atom is 0.252 e. The molecule has 0 saturated heterocycles. The van der Waals surface area contributed by atoms with Gasteiger partial charge >= 0.3 is 0 Å². The zero-order valence-electron chi connectivity index (χ0n) is 12.4. The van der Waals surface area contributed by atoms with Crippen molar-refractivity contribution in [3.8, 4) is 11.5 Å². The van der Waals surface area contributed by atoms with Gasteiger partial charge in [-0.3, -0.25) is 4.79 Å². The summed E-state index contributed by atoms with van der Waals surface area (Å²) < 4.78 is 5.94. The van der Waals surface area contributed by atoms with Crippen molar-refractivity contribution in [1.82, 2.24) is 5.32 Å². The number of para-hydroxylation sites is 2. The topological polar surface area (TPSA) is 38.3 Å². The van der Waals surface area contributed by atoms with Crippen LogP contribution in [0.25, 0.3) is 0 Å². The second-order valence-electron chi connectivity index (χ2n) is 5.45. The van der Waals surface area contributed by atoms with Crippen LogP contribution in [0.5, 0.6) is 11.5 Å². The predicted octanol–water partition coefficient (Wildman–Crippen LogP) is 4.31. The molecule has 0 saturated carbocycles. The molecule has 0 fully saturated rings. The van der Waals surface area contributed by atoms with Crippen LogP contribution in [0.15, 0.2) is 78.9 Å². The Morgan fingerprint density at radius 3 is 1.87 bits per heavy atom. The highest BCUT2D eigenvalue weighted by Gasteiger charge is 2.28. The van der Waals surface area contributed by atoms with Gasteiger partial charge in [-0.25, -0.2) is 0 Å². The van der Waals surface area contributed by atoms with Crippen LogP contribution in [0.2, 0.25) is 0 Å². The summed E-state index contributed by atoms with van der Waals surface area (Å²) in [5.74, 6) is 1.47. The molecule has 0 radical (unpaired) electrons. The van der Waals surface area contributed by atoms with Crippen LogP contribution in [-0.4, -0.2) is 5.91 Å². The lowest BCUT2D eigenvalue weighted by Gasteiger charge is -2.28. The fourth-order valence-electron chi connectivity index (χ4n) is 2.87. The minimum Gasteiger partial charge on any atom is -0.457 e. The number of benzene rings is 3. The van der Waals surface area contributed by atoms with E-state index in [1.807, 2.05) is 78.9 Å². The van der Waals surface area contributed by atoms with E-state index in [4.69, 9.17) is 4.74 Å². The number of carbonyl (C=O) groups is 1. The summed E-state index contributed by atoms with van der Waals surface area (Å²) in [6.45, 7) is 0. The average molecular weight is 301 g/mol. The summed E-state index contributed by atoms with van der Waals surface area (Å²) in [7, 11) is 0. The Morgan fingerprint density at radius 2 is 1.26 bits per heavy atom. The Balaban J connectivity index is 1.74. The highest BCUT2D eigenvalue weighted by Crippen LogP contribution is 2.42. The predicted molar refractivity (Wildman–Crippen MR) is 88.7 cm³/mol. The normalized spacial score (nSPS) is 12.7. The molecule has 1 amide bonds. The Labute approximate surface area is 134 Å². The number of amides is 1. The van der Waals surface area contributed by atoms with Gasteiger partial charge in [0.2, 0.25) is 0 Å². The molecule has 0 unspecified atom stereocenters. The van der Waals surface area contributed by atoms with E-state index in [-0.39, 0.29) is 11.9 Å². The van der Waals surface area contributed by atoms with E-state index in [2.05, 4.69) is 5.32 Å². The first-order valence-electron chi connectivity index (χ1n) is 7.54. The van der Waals surface area contributed by atoms with Crippen LogP contribution in [0.3, 0.4) is 0 Å². The van der Waals surface area contributed by atoms with Gasteiger partial charge in [0.05, 0.1) is 6.04 Å². The largest absolute Gasteiger partial charge is 0.457 e. The number of hydrogen-bond acceptors (Lipinski definition) is 2. The number of fused-ring (bicyclic) bond motifs is 2. The molecule has 4 rings (SSSR count). The molecule has 0 spiro atoms. The van der Waals surface area contributed by atoms with E-state index in [9.17, 15) is 4.79 Å². The molecular formula is C20H15NO2. The minimum absolute atomic E-state index is 0.0953. The van der Waals surface area contributed by atoms with Crippen molar-refractivity contribution in [2.45, 2.75) is 6.04 Å². The zero-order valence-corrected chi connectivity index (χ0v) is 12.4. The van der Waals surface area contributed by atoms with E-state index in [1.165, 1.54) is 0 Å². The SMILES string of the molecule is O=C(NC1c2ccccc2Oc2ccccc21)c1ccccc1. The van der Waals surface area contributed by atoms with Gasteiger partial charge in [0.15, 0.2) is 0 Å². The molecule has 0 aliphatic carbocycles. The van der Waals surface area contributed by atoms with E-state index < -0.39 is 0 Å². The molecular weight excluding hydrogens is 286 g/mol. The van der Waals surface area contributed by atoms with Gasteiger partial charge in [-0.1, -0.05) is 54.6 Å². The summed E-state index contributed by atoms with van der Waals surface area (Å²) in [6.07, 6.45) is 0. The van der Waals surface area contributed by atoms with Crippen LogP contribution in [0.4, 0.5) is 0 Å². The third kappa shape index (κ3) is 2.46. The number of ether oxygens (including phenoxy) is 1. The third-order valence-electron chi connectivity index (χ3n) is 3.99. The molecule has 3 aromatic carbocycles. The maximum atomic E-state index is 12.6. The Hall–Kier alpha value is -3.07. The van der Waals surface area contributed by atoms with Crippen molar-refractivity contribution in [2.75, 3.05) is 0 Å². The first-order chi connectivity index (χ1) is 11.3. The van der Waals surface area contributed by atoms with E-state index in [0.29, 0.717) is 5.56 Å². The van der Waals surface area contributed by atoms with Gasteiger partial charge in [0, 0.05) is 16.7 Å². The lowest BCUT2D eigenvalue weighted by atomic mass is 9.94. The summed E-state index contributed by atoms with van der Waals surface area (Å²) >= 11 is 0. The zero-order chi connectivity index (χ0) is 15.6. The number of rotatable bonds is 2. The second kappa shape index (κ2) is 5.61. The van der Waals surface area contributed by atoms with Crippen LogP contribution in [0, 0.1) is 0 Å². The Bertz CT molecular complexity index is 813. The lowest BCUT2D eigenvalue weighted by molar-refractivity contribution is 0.0941. The van der Waals surface area contributed by atoms with Gasteiger partial charge in [0.1, 0.15) is 11.5 Å².